The van der Waals surface area contributed by atoms with E-state index in [1.807, 2.05) is 18.2 Å². The lowest BCUT2D eigenvalue weighted by Gasteiger charge is -2.46. The first kappa shape index (κ1) is 15.1. The van der Waals surface area contributed by atoms with Gasteiger partial charge in [0.2, 0.25) is 0 Å². The Labute approximate surface area is 128 Å². The second kappa shape index (κ2) is 6.02. The molecular weight excluding hydrogens is 326 g/mol. The maximum Gasteiger partial charge on any atom is 0.0664 e. The molecule has 1 aromatic rings. The Hall–Kier alpha value is -0.250. The third-order valence-electron chi connectivity index (χ3n) is 4.60. The SMILES string of the molecule is CC1CCCC(CO)(Nc2ccc(Cl)c(Br)c2)C1C. The van der Waals surface area contributed by atoms with E-state index in [0.29, 0.717) is 16.9 Å². The van der Waals surface area contributed by atoms with E-state index in [1.54, 1.807) is 0 Å². The van der Waals surface area contributed by atoms with Crippen LogP contribution in [0.3, 0.4) is 0 Å². The first-order valence-electron chi connectivity index (χ1n) is 6.82. The summed E-state index contributed by atoms with van der Waals surface area (Å²) in [6.45, 7) is 4.67. The maximum absolute atomic E-state index is 9.91. The van der Waals surface area contributed by atoms with Crippen LogP contribution in [0.15, 0.2) is 22.7 Å². The zero-order chi connectivity index (χ0) is 14.0. The lowest BCUT2D eigenvalue weighted by atomic mass is 9.68. The zero-order valence-electron chi connectivity index (χ0n) is 11.4. The molecule has 0 bridgehead atoms. The molecule has 0 saturated heterocycles. The molecule has 1 aliphatic carbocycles. The molecule has 3 atom stereocenters. The molecule has 106 valence electrons. The minimum atomic E-state index is -0.217. The van der Waals surface area contributed by atoms with Crippen molar-refractivity contribution in [3.63, 3.8) is 0 Å². The lowest BCUT2D eigenvalue weighted by molar-refractivity contribution is 0.0925. The Bertz CT molecular complexity index is 454. The Morgan fingerprint density at radius 1 is 1.47 bits per heavy atom. The predicted octanol–water partition coefficient (Wildman–Crippen LogP) is 4.70. The van der Waals surface area contributed by atoms with Gasteiger partial charge >= 0.3 is 0 Å². The molecule has 1 saturated carbocycles. The average molecular weight is 347 g/mol. The summed E-state index contributed by atoms with van der Waals surface area (Å²) < 4.78 is 0.878. The van der Waals surface area contributed by atoms with Crippen LogP contribution in [0, 0.1) is 11.8 Å². The van der Waals surface area contributed by atoms with Crippen LogP contribution in [0.25, 0.3) is 0 Å². The second-order valence-corrected chi connectivity index (χ2v) is 6.99. The number of aliphatic hydroxyl groups is 1. The maximum atomic E-state index is 9.91. The van der Waals surface area contributed by atoms with Crippen molar-refractivity contribution in [1.82, 2.24) is 0 Å². The fraction of sp³-hybridized carbons (Fsp3) is 0.600. The number of benzene rings is 1. The van der Waals surface area contributed by atoms with Crippen molar-refractivity contribution in [3.8, 4) is 0 Å². The quantitative estimate of drug-likeness (QED) is 0.831. The van der Waals surface area contributed by atoms with Crippen molar-refractivity contribution in [2.24, 2.45) is 11.8 Å². The smallest absolute Gasteiger partial charge is 0.0664 e. The topological polar surface area (TPSA) is 32.3 Å². The summed E-state index contributed by atoms with van der Waals surface area (Å²) in [5, 5.41) is 14.2. The number of nitrogens with one attached hydrogen (secondary N) is 1. The van der Waals surface area contributed by atoms with Crippen molar-refractivity contribution < 1.29 is 5.11 Å². The lowest BCUT2D eigenvalue weighted by Crippen LogP contribution is -2.52. The van der Waals surface area contributed by atoms with Gasteiger partial charge in [0, 0.05) is 10.2 Å². The summed E-state index contributed by atoms with van der Waals surface area (Å²) in [6.07, 6.45) is 3.41. The fourth-order valence-electron chi connectivity index (χ4n) is 3.06. The Morgan fingerprint density at radius 2 is 2.21 bits per heavy atom. The van der Waals surface area contributed by atoms with Crippen LogP contribution in [0.2, 0.25) is 5.02 Å². The first-order chi connectivity index (χ1) is 8.98. The van der Waals surface area contributed by atoms with E-state index in [0.717, 1.165) is 23.0 Å². The van der Waals surface area contributed by atoms with Gasteiger partial charge in [-0.25, -0.2) is 0 Å². The summed E-state index contributed by atoms with van der Waals surface area (Å²) in [5.41, 5.74) is 0.788. The molecule has 1 aromatic carbocycles. The zero-order valence-corrected chi connectivity index (χ0v) is 13.8. The summed E-state index contributed by atoms with van der Waals surface area (Å²) in [4.78, 5) is 0. The molecule has 3 unspecified atom stereocenters. The van der Waals surface area contributed by atoms with Gasteiger partial charge in [-0.05, 0) is 52.4 Å². The molecule has 1 fully saturated rings. The summed E-state index contributed by atoms with van der Waals surface area (Å²) in [7, 11) is 0. The van der Waals surface area contributed by atoms with Gasteiger partial charge < -0.3 is 10.4 Å². The van der Waals surface area contributed by atoms with Gasteiger partial charge in [-0.15, -0.1) is 0 Å². The van der Waals surface area contributed by atoms with Crippen molar-refractivity contribution >= 4 is 33.2 Å². The largest absolute Gasteiger partial charge is 0.394 e. The molecule has 0 amide bonds. The van der Waals surface area contributed by atoms with E-state index in [-0.39, 0.29) is 12.1 Å². The molecule has 2 rings (SSSR count). The Kier molecular flexibility index (Phi) is 4.80. The predicted molar refractivity (Wildman–Crippen MR) is 84.8 cm³/mol. The fourth-order valence-corrected chi connectivity index (χ4v) is 3.56. The van der Waals surface area contributed by atoms with Gasteiger partial charge in [-0.3, -0.25) is 0 Å². The molecular formula is C15H21BrClNO. The number of rotatable bonds is 3. The molecule has 1 aliphatic rings. The van der Waals surface area contributed by atoms with Gasteiger partial charge in [0.05, 0.1) is 17.2 Å². The average Bonchev–Trinajstić information content (AvgIpc) is 2.39. The van der Waals surface area contributed by atoms with E-state index < -0.39 is 0 Å². The van der Waals surface area contributed by atoms with Gasteiger partial charge in [-0.2, -0.15) is 0 Å². The van der Waals surface area contributed by atoms with Gasteiger partial charge in [-0.1, -0.05) is 38.3 Å². The molecule has 0 aliphatic heterocycles. The van der Waals surface area contributed by atoms with Crippen LogP contribution in [0.4, 0.5) is 5.69 Å². The number of hydrogen-bond donors (Lipinski definition) is 2. The number of anilines is 1. The highest BCUT2D eigenvalue weighted by Crippen LogP contribution is 2.40. The van der Waals surface area contributed by atoms with E-state index in [9.17, 15) is 5.11 Å². The van der Waals surface area contributed by atoms with Gasteiger partial charge in [0.15, 0.2) is 0 Å². The van der Waals surface area contributed by atoms with E-state index in [2.05, 4.69) is 35.1 Å². The summed E-state index contributed by atoms with van der Waals surface area (Å²) in [5.74, 6) is 1.07. The van der Waals surface area contributed by atoms with Crippen LogP contribution < -0.4 is 5.32 Å². The van der Waals surface area contributed by atoms with E-state index >= 15 is 0 Å². The van der Waals surface area contributed by atoms with Crippen LogP contribution in [0.1, 0.15) is 33.1 Å². The molecule has 19 heavy (non-hydrogen) atoms. The standard InChI is InChI=1S/C15H21BrClNO/c1-10-4-3-7-15(9-19,11(10)2)18-12-5-6-14(17)13(16)8-12/h5-6,8,10-11,18-19H,3-4,7,9H2,1-2H3. The molecule has 2 N–H and O–H groups in total. The highest BCUT2D eigenvalue weighted by molar-refractivity contribution is 9.10. The monoisotopic (exact) mass is 345 g/mol. The molecule has 4 heteroatoms. The second-order valence-electron chi connectivity index (χ2n) is 5.73. The first-order valence-corrected chi connectivity index (χ1v) is 8.00. The van der Waals surface area contributed by atoms with Crippen molar-refractivity contribution in [2.45, 2.75) is 38.6 Å². The van der Waals surface area contributed by atoms with Crippen LogP contribution in [-0.4, -0.2) is 17.3 Å². The third kappa shape index (κ3) is 3.09. The Morgan fingerprint density at radius 3 is 2.84 bits per heavy atom. The number of halogens is 2. The van der Waals surface area contributed by atoms with Gasteiger partial charge in [0.25, 0.3) is 0 Å². The van der Waals surface area contributed by atoms with Crippen LogP contribution in [0.5, 0.6) is 0 Å². The minimum absolute atomic E-state index is 0.165. The van der Waals surface area contributed by atoms with Crippen molar-refractivity contribution in [3.05, 3.63) is 27.7 Å². The van der Waals surface area contributed by atoms with Gasteiger partial charge in [0.1, 0.15) is 0 Å². The molecule has 0 spiro atoms. The number of aliphatic hydroxyl groups excluding tert-OH is 1. The number of hydrogen-bond acceptors (Lipinski definition) is 2. The molecule has 0 radical (unpaired) electrons. The summed E-state index contributed by atoms with van der Waals surface area (Å²) in [6, 6.07) is 5.82. The molecule has 2 nitrogen and oxygen atoms in total. The minimum Gasteiger partial charge on any atom is -0.394 e. The third-order valence-corrected chi connectivity index (χ3v) is 5.82. The highest BCUT2D eigenvalue weighted by Gasteiger charge is 2.41. The molecule has 0 heterocycles. The van der Waals surface area contributed by atoms with Crippen molar-refractivity contribution in [1.29, 1.82) is 0 Å². The van der Waals surface area contributed by atoms with Crippen molar-refractivity contribution in [2.75, 3.05) is 11.9 Å². The van der Waals surface area contributed by atoms with E-state index in [1.165, 1.54) is 6.42 Å². The van der Waals surface area contributed by atoms with Crippen LogP contribution in [-0.2, 0) is 0 Å². The molecule has 0 aromatic heterocycles. The summed E-state index contributed by atoms with van der Waals surface area (Å²) >= 11 is 9.46. The highest BCUT2D eigenvalue weighted by atomic mass is 79.9. The van der Waals surface area contributed by atoms with E-state index in [4.69, 9.17) is 11.6 Å². The Balaban J connectivity index is 2.24. The van der Waals surface area contributed by atoms with Crippen LogP contribution >= 0.6 is 27.5 Å². The normalized spacial score (nSPS) is 31.2.